The second-order valence-corrected chi connectivity index (χ2v) is 3.54. The molecule has 0 spiro atoms. The smallest absolute Gasteiger partial charge is 0.187 e. The highest BCUT2D eigenvalue weighted by Crippen LogP contribution is 2.50. The number of allylic oxidation sites excluding steroid dienone is 2. The summed E-state index contributed by atoms with van der Waals surface area (Å²) in [6.45, 7) is 0. The molecule has 1 aliphatic carbocycles. The van der Waals surface area contributed by atoms with E-state index >= 15 is 0 Å². The Labute approximate surface area is 86.6 Å². The largest absolute Gasteiger partial charge is 0.196 e. The summed E-state index contributed by atoms with van der Waals surface area (Å²) in [5.41, 5.74) is 0.593. The van der Waals surface area contributed by atoms with Crippen LogP contribution in [0.4, 0.5) is 0 Å². The van der Waals surface area contributed by atoms with E-state index in [2.05, 4.69) is 0 Å². The second-order valence-electron chi connectivity index (χ2n) is 3.10. The van der Waals surface area contributed by atoms with Gasteiger partial charge in [0.15, 0.2) is 5.41 Å². The Kier molecular flexibility index (Phi) is 1.81. The molecule has 0 aromatic heterocycles. The van der Waals surface area contributed by atoms with E-state index in [0.717, 1.165) is 11.1 Å². The zero-order valence-electron chi connectivity index (χ0n) is 7.16. The van der Waals surface area contributed by atoms with E-state index in [4.69, 9.17) is 22.1 Å². The fourth-order valence-corrected chi connectivity index (χ4v) is 1.55. The molecular formula is C11H5ClN2. The number of halogens is 1. The van der Waals surface area contributed by atoms with Gasteiger partial charge in [-0.15, -0.1) is 0 Å². The normalized spacial score (nSPS) is 16.4. The quantitative estimate of drug-likeness (QED) is 0.700. The highest BCUT2D eigenvalue weighted by atomic mass is 35.5. The molecule has 3 heteroatoms. The maximum atomic E-state index is 8.80. The molecule has 0 bridgehead atoms. The molecule has 1 aliphatic rings. The molecule has 0 heterocycles. The molecule has 0 aliphatic heterocycles. The first-order chi connectivity index (χ1) is 6.72. The molecule has 2 nitrogen and oxygen atoms in total. The predicted molar refractivity (Wildman–Crippen MR) is 53.1 cm³/mol. The molecule has 66 valence electrons. The van der Waals surface area contributed by atoms with Crippen molar-refractivity contribution in [3.63, 3.8) is 0 Å². The maximum absolute atomic E-state index is 8.80. The van der Waals surface area contributed by atoms with Gasteiger partial charge in [0, 0.05) is 5.02 Å². The number of rotatable bonds is 1. The van der Waals surface area contributed by atoms with Gasteiger partial charge in [0.05, 0.1) is 12.1 Å². The summed E-state index contributed by atoms with van der Waals surface area (Å²) in [7, 11) is 0. The van der Waals surface area contributed by atoms with Crippen LogP contribution in [0.25, 0.3) is 5.57 Å². The summed E-state index contributed by atoms with van der Waals surface area (Å²) in [6.07, 6.45) is 1.65. The van der Waals surface area contributed by atoms with E-state index in [9.17, 15) is 0 Å². The minimum absolute atomic E-state index is 0.611. The third-order valence-corrected chi connectivity index (χ3v) is 2.43. The van der Waals surface area contributed by atoms with Crippen LogP contribution >= 0.6 is 11.6 Å². The maximum Gasteiger partial charge on any atom is 0.187 e. The Morgan fingerprint density at radius 3 is 2.43 bits per heavy atom. The number of nitrogens with zero attached hydrogens (tertiary/aromatic N) is 2. The lowest BCUT2D eigenvalue weighted by atomic mass is 10.00. The van der Waals surface area contributed by atoms with Crippen molar-refractivity contribution < 1.29 is 0 Å². The minimum Gasteiger partial charge on any atom is -0.196 e. The van der Waals surface area contributed by atoms with Gasteiger partial charge in [0.1, 0.15) is 0 Å². The van der Waals surface area contributed by atoms with E-state index in [0.29, 0.717) is 5.02 Å². The van der Waals surface area contributed by atoms with Crippen molar-refractivity contribution >= 4 is 17.2 Å². The number of hydrogen-bond donors (Lipinski definition) is 0. The van der Waals surface area contributed by atoms with Crippen LogP contribution in [0.15, 0.2) is 30.3 Å². The lowest BCUT2D eigenvalue weighted by molar-refractivity contribution is 1.01. The van der Waals surface area contributed by atoms with Gasteiger partial charge in [-0.3, -0.25) is 0 Å². The highest BCUT2D eigenvalue weighted by Gasteiger charge is 2.45. The fraction of sp³-hybridized carbons (Fsp3) is 0.0909. The van der Waals surface area contributed by atoms with E-state index in [1.54, 1.807) is 24.3 Å². The summed E-state index contributed by atoms with van der Waals surface area (Å²) in [5, 5.41) is 18.2. The average molecular weight is 201 g/mol. The van der Waals surface area contributed by atoms with E-state index in [1.165, 1.54) is 0 Å². The highest BCUT2D eigenvalue weighted by molar-refractivity contribution is 6.30. The van der Waals surface area contributed by atoms with E-state index in [-0.39, 0.29) is 0 Å². The van der Waals surface area contributed by atoms with Crippen LogP contribution in [-0.4, -0.2) is 0 Å². The molecule has 0 fully saturated rings. The monoisotopic (exact) mass is 200 g/mol. The molecular weight excluding hydrogens is 196 g/mol. The first-order valence-corrected chi connectivity index (χ1v) is 4.41. The average Bonchev–Trinajstić information content (AvgIpc) is 2.93. The number of hydrogen-bond acceptors (Lipinski definition) is 2. The second kappa shape index (κ2) is 2.87. The summed E-state index contributed by atoms with van der Waals surface area (Å²) < 4.78 is 0. The van der Waals surface area contributed by atoms with Crippen LogP contribution in [0.5, 0.6) is 0 Å². The Morgan fingerprint density at radius 2 is 1.93 bits per heavy atom. The first kappa shape index (κ1) is 8.81. The molecule has 0 atom stereocenters. The molecule has 0 saturated carbocycles. The van der Waals surface area contributed by atoms with Crippen molar-refractivity contribution in [2.75, 3.05) is 0 Å². The van der Waals surface area contributed by atoms with Gasteiger partial charge in [-0.1, -0.05) is 23.7 Å². The van der Waals surface area contributed by atoms with Crippen LogP contribution < -0.4 is 0 Å². The van der Waals surface area contributed by atoms with Gasteiger partial charge in [0.25, 0.3) is 0 Å². The van der Waals surface area contributed by atoms with Crippen molar-refractivity contribution in [2.24, 2.45) is 5.41 Å². The fourth-order valence-electron chi connectivity index (χ4n) is 1.36. The molecule has 14 heavy (non-hydrogen) atoms. The summed E-state index contributed by atoms with van der Waals surface area (Å²) in [4.78, 5) is 0. The van der Waals surface area contributed by atoms with E-state index < -0.39 is 5.41 Å². The Bertz CT molecular complexity index is 489. The number of nitriles is 2. The first-order valence-electron chi connectivity index (χ1n) is 4.03. The minimum atomic E-state index is -1.01. The SMILES string of the molecule is N#CC1(C#N)C=C1c1cccc(Cl)c1. The Morgan fingerprint density at radius 1 is 1.21 bits per heavy atom. The number of benzene rings is 1. The van der Waals surface area contributed by atoms with Crippen molar-refractivity contribution in [1.29, 1.82) is 10.5 Å². The topological polar surface area (TPSA) is 47.6 Å². The van der Waals surface area contributed by atoms with Crippen LogP contribution in [-0.2, 0) is 0 Å². The molecule has 1 aromatic rings. The summed E-state index contributed by atoms with van der Waals surface area (Å²) in [6, 6.07) is 11.1. The van der Waals surface area contributed by atoms with Crippen molar-refractivity contribution in [3.8, 4) is 12.1 Å². The molecule has 1 aromatic carbocycles. The third-order valence-electron chi connectivity index (χ3n) is 2.19. The van der Waals surface area contributed by atoms with Crippen molar-refractivity contribution in [2.45, 2.75) is 0 Å². The van der Waals surface area contributed by atoms with Crippen LogP contribution in [0.2, 0.25) is 5.02 Å². The zero-order valence-corrected chi connectivity index (χ0v) is 7.92. The van der Waals surface area contributed by atoms with E-state index in [1.807, 2.05) is 18.2 Å². The molecule has 0 unspecified atom stereocenters. The van der Waals surface area contributed by atoms with Gasteiger partial charge in [-0.2, -0.15) is 10.5 Å². The summed E-state index contributed by atoms with van der Waals surface area (Å²) >= 11 is 5.80. The van der Waals surface area contributed by atoms with Crippen LogP contribution in [0.1, 0.15) is 5.56 Å². The summed E-state index contributed by atoms with van der Waals surface area (Å²) in [5.74, 6) is 0. The van der Waals surface area contributed by atoms with Crippen LogP contribution in [0, 0.1) is 28.1 Å². The van der Waals surface area contributed by atoms with Crippen molar-refractivity contribution in [3.05, 3.63) is 40.9 Å². The Balaban J connectivity index is 2.35. The molecule has 0 radical (unpaired) electrons. The van der Waals surface area contributed by atoms with Gasteiger partial charge >= 0.3 is 0 Å². The standard InChI is InChI=1S/C11H5ClN2/c12-9-3-1-2-8(4-9)10-5-11(10,6-13)7-14/h1-5H. The lowest BCUT2D eigenvalue weighted by Crippen LogP contribution is -1.96. The molecule has 0 amide bonds. The van der Waals surface area contributed by atoms with Gasteiger partial charge in [0.2, 0.25) is 0 Å². The van der Waals surface area contributed by atoms with Gasteiger partial charge in [-0.05, 0) is 29.3 Å². The van der Waals surface area contributed by atoms with Gasteiger partial charge < -0.3 is 0 Å². The van der Waals surface area contributed by atoms with Crippen LogP contribution in [0.3, 0.4) is 0 Å². The predicted octanol–water partition coefficient (Wildman–Crippen LogP) is 2.77. The third kappa shape index (κ3) is 1.18. The Hall–Kier alpha value is -1.77. The molecule has 0 N–H and O–H groups in total. The zero-order chi connectivity index (χ0) is 10.2. The van der Waals surface area contributed by atoms with Crippen molar-refractivity contribution in [1.82, 2.24) is 0 Å². The molecule has 2 rings (SSSR count). The van der Waals surface area contributed by atoms with Gasteiger partial charge in [-0.25, -0.2) is 0 Å². The lowest BCUT2D eigenvalue weighted by Gasteiger charge is -1.99. The molecule has 0 saturated heterocycles.